The summed E-state index contributed by atoms with van der Waals surface area (Å²) in [6.07, 6.45) is 1.93. The van der Waals surface area contributed by atoms with Gasteiger partial charge < -0.3 is 4.74 Å². The van der Waals surface area contributed by atoms with Crippen LogP contribution in [0.3, 0.4) is 0 Å². The second-order valence-electron chi connectivity index (χ2n) is 1.08. The van der Waals surface area contributed by atoms with Crippen molar-refractivity contribution in [3.05, 3.63) is 0 Å². The van der Waals surface area contributed by atoms with Gasteiger partial charge in [0, 0.05) is 17.4 Å². The van der Waals surface area contributed by atoms with Crippen LogP contribution < -0.4 is 0 Å². The number of rotatable bonds is 3. The molecule has 0 saturated carbocycles. The molecule has 0 bridgehead atoms. The molecule has 0 heterocycles. The fourth-order valence-corrected chi connectivity index (χ4v) is 0.532. The summed E-state index contributed by atoms with van der Waals surface area (Å²) in [5.74, 6) is 0.804. The topological polar surface area (TPSA) is 26.3 Å². The van der Waals surface area contributed by atoms with Gasteiger partial charge in [-0.3, -0.25) is 0 Å². The molecule has 0 aromatic carbocycles. The van der Waals surface area contributed by atoms with Gasteiger partial charge in [0.15, 0.2) is 0 Å². The van der Waals surface area contributed by atoms with Crippen LogP contribution in [0.15, 0.2) is 0 Å². The minimum Gasteiger partial charge on any atom is -0.453 e. The summed E-state index contributed by atoms with van der Waals surface area (Å²) in [5, 5.41) is 0. The maximum Gasteiger partial charge on any atom is 0.403 e. The van der Waals surface area contributed by atoms with Gasteiger partial charge in [-0.2, -0.15) is 11.8 Å². The van der Waals surface area contributed by atoms with Crippen molar-refractivity contribution in [1.82, 2.24) is 0 Å². The lowest BCUT2D eigenvalue weighted by atomic mass is 10.9. The monoisotopic (exact) mass is 154 g/mol. The SMILES string of the molecule is CSCCOC(=O)Cl. The number of ether oxygens (including phenoxy) is 1. The molecule has 0 aliphatic heterocycles. The van der Waals surface area contributed by atoms with Crippen molar-refractivity contribution in [2.24, 2.45) is 0 Å². The number of carbonyl (C=O) groups is 1. The zero-order chi connectivity index (χ0) is 6.41. The van der Waals surface area contributed by atoms with Crippen molar-refractivity contribution in [1.29, 1.82) is 0 Å². The predicted molar refractivity (Wildman–Crippen MR) is 35.6 cm³/mol. The molecule has 4 heteroatoms. The minimum absolute atomic E-state index is 0.406. The molecule has 0 fully saturated rings. The first kappa shape index (κ1) is 8.11. The highest BCUT2D eigenvalue weighted by molar-refractivity contribution is 7.98. The van der Waals surface area contributed by atoms with Crippen molar-refractivity contribution in [2.45, 2.75) is 0 Å². The molecule has 0 rings (SSSR count). The summed E-state index contributed by atoms with van der Waals surface area (Å²) in [7, 11) is 0. The van der Waals surface area contributed by atoms with Gasteiger partial charge in [-0.15, -0.1) is 0 Å². The highest BCUT2D eigenvalue weighted by Gasteiger charge is 1.91. The lowest BCUT2D eigenvalue weighted by molar-refractivity contribution is 0.181. The Kier molecular flexibility index (Phi) is 5.32. The Morgan fingerprint density at radius 3 is 2.88 bits per heavy atom. The predicted octanol–water partition coefficient (Wildman–Crippen LogP) is 1.72. The zero-order valence-electron chi connectivity index (χ0n) is 4.52. The van der Waals surface area contributed by atoms with E-state index in [2.05, 4.69) is 4.74 Å². The molecule has 0 aromatic rings. The lowest BCUT2D eigenvalue weighted by Crippen LogP contribution is -1.97. The Morgan fingerprint density at radius 2 is 2.50 bits per heavy atom. The van der Waals surface area contributed by atoms with Gasteiger partial charge in [-0.25, -0.2) is 4.79 Å². The van der Waals surface area contributed by atoms with Crippen LogP contribution in [-0.4, -0.2) is 24.0 Å². The van der Waals surface area contributed by atoms with Gasteiger partial charge in [0.2, 0.25) is 0 Å². The Hall–Kier alpha value is 0.110. The summed E-state index contributed by atoms with van der Waals surface area (Å²) in [6, 6.07) is 0. The first-order valence-electron chi connectivity index (χ1n) is 2.08. The molecule has 0 atom stereocenters. The summed E-state index contributed by atoms with van der Waals surface area (Å²) in [6.45, 7) is 0.406. The molecule has 0 unspecified atom stereocenters. The largest absolute Gasteiger partial charge is 0.453 e. The average Bonchev–Trinajstić information content (AvgIpc) is 1.66. The van der Waals surface area contributed by atoms with E-state index in [-0.39, 0.29) is 0 Å². The maximum atomic E-state index is 9.85. The molecule has 0 saturated heterocycles. The third kappa shape index (κ3) is 6.11. The molecule has 48 valence electrons. The Labute approximate surface area is 57.5 Å². The van der Waals surface area contributed by atoms with Crippen molar-refractivity contribution < 1.29 is 9.53 Å². The van der Waals surface area contributed by atoms with Crippen LogP contribution in [0.4, 0.5) is 4.79 Å². The van der Waals surface area contributed by atoms with E-state index in [0.717, 1.165) is 5.75 Å². The van der Waals surface area contributed by atoms with Crippen molar-refractivity contribution in [3.63, 3.8) is 0 Å². The van der Waals surface area contributed by atoms with Gasteiger partial charge in [0.05, 0.1) is 0 Å². The van der Waals surface area contributed by atoms with E-state index in [4.69, 9.17) is 11.6 Å². The molecule has 0 radical (unpaired) electrons. The van der Waals surface area contributed by atoms with E-state index in [0.29, 0.717) is 6.61 Å². The maximum absolute atomic E-state index is 9.85. The second kappa shape index (κ2) is 5.25. The molecule has 0 amide bonds. The van der Waals surface area contributed by atoms with Gasteiger partial charge in [0.1, 0.15) is 6.61 Å². The summed E-state index contributed by atoms with van der Waals surface area (Å²) < 4.78 is 4.39. The van der Waals surface area contributed by atoms with Crippen molar-refractivity contribution in [2.75, 3.05) is 18.6 Å². The third-order valence-electron chi connectivity index (χ3n) is 0.503. The highest BCUT2D eigenvalue weighted by atomic mass is 35.5. The second-order valence-corrected chi connectivity index (χ2v) is 2.37. The van der Waals surface area contributed by atoms with Crippen LogP contribution in [0.5, 0.6) is 0 Å². The van der Waals surface area contributed by atoms with Crippen LogP contribution in [0.2, 0.25) is 0 Å². The van der Waals surface area contributed by atoms with E-state index in [1.54, 1.807) is 11.8 Å². The van der Waals surface area contributed by atoms with Crippen LogP contribution in [0, 0.1) is 0 Å². The van der Waals surface area contributed by atoms with Gasteiger partial charge in [-0.1, -0.05) is 0 Å². The molecule has 0 spiro atoms. The van der Waals surface area contributed by atoms with Crippen LogP contribution >= 0.6 is 23.4 Å². The van der Waals surface area contributed by atoms with Crippen LogP contribution in [0.1, 0.15) is 0 Å². The Morgan fingerprint density at radius 1 is 1.88 bits per heavy atom. The van der Waals surface area contributed by atoms with E-state index >= 15 is 0 Å². The minimum atomic E-state index is -0.723. The third-order valence-corrected chi connectivity index (χ3v) is 1.19. The number of carbonyl (C=O) groups excluding carboxylic acids is 1. The smallest absolute Gasteiger partial charge is 0.403 e. The average molecular weight is 155 g/mol. The Balaban J connectivity index is 2.82. The van der Waals surface area contributed by atoms with Gasteiger partial charge in [-0.05, 0) is 6.26 Å². The molecule has 0 aliphatic carbocycles. The van der Waals surface area contributed by atoms with Crippen molar-refractivity contribution in [3.8, 4) is 0 Å². The Bertz CT molecular complexity index is 76.4. The fraction of sp³-hybridized carbons (Fsp3) is 0.750. The number of halogens is 1. The van der Waals surface area contributed by atoms with Crippen molar-refractivity contribution >= 4 is 28.8 Å². The molecule has 0 N–H and O–H groups in total. The summed E-state index contributed by atoms with van der Waals surface area (Å²) >= 11 is 6.45. The number of hydrogen-bond donors (Lipinski definition) is 0. The fourth-order valence-electron chi connectivity index (χ4n) is 0.205. The standard InChI is InChI=1S/C4H7ClO2S/c1-8-3-2-7-4(5)6/h2-3H2,1H3. The molecule has 2 nitrogen and oxygen atoms in total. The van der Waals surface area contributed by atoms with E-state index in [1.807, 2.05) is 6.26 Å². The number of hydrogen-bond acceptors (Lipinski definition) is 3. The molecule has 0 aliphatic rings. The normalized spacial score (nSPS) is 8.75. The van der Waals surface area contributed by atoms with Gasteiger partial charge >= 0.3 is 5.43 Å². The van der Waals surface area contributed by atoms with E-state index in [1.165, 1.54) is 0 Å². The van der Waals surface area contributed by atoms with E-state index in [9.17, 15) is 4.79 Å². The summed E-state index contributed by atoms with van der Waals surface area (Å²) in [4.78, 5) is 9.85. The van der Waals surface area contributed by atoms with Crippen LogP contribution in [-0.2, 0) is 4.74 Å². The lowest BCUT2D eigenvalue weighted by Gasteiger charge is -1.94. The molecule has 0 aromatic heterocycles. The molecular weight excluding hydrogens is 148 g/mol. The first-order valence-corrected chi connectivity index (χ1v) is 3.85. The van der Waals surface area contributed by atoms with Gasteiger partial charge in [0.25, 0.3) is 0 Å². The molecular formula is C4H7ClO2S. The van der Waals surface area contributed by atoms with E-state index < -0.39 is 5.43 Å². The molecule has 8 heavy (non-hydrogen) atoms. The first-order chi connectivity index (χ1) is 3.77. The highest BCUT2D eigenvalue weighted by Crippen LogP contribution is 1.92. The summed E-state index contributed by atoms with van der Waals surface area (Å²) in [5.41, 5.74) is -0.723. The quantitative estimate of drug-likeness (QED) is 0.458. The zero-order valence-corrected chi connectivity index (χ0v) is 6.09. The number of thioether (sulfide) groups is 1. The van der Waals surface area contributed by atoms with Crippen LogP contribution in [0.25, 0.3) is 0 Å².